The van der Waals surface area contributed by atoms with Gasteiger partial charge < -0.3 is 9.47 Å². The first-order valence-corrected chi connectivity index (χ1v) is 11.3. The Kier molecular flexibility index (Phi) is 4.29. The van der Waals surface area contributed by atoms with Crippen molar-refractivity contribution in [2.45, 2.75) is 5.92 Å². The zero-order chi connectivity index (χ0) is 23.4. The van der Waals surface area contributed by atoms with Gasteiger partial charge in [-0.3, -0.25) is 4.98 Å². The number of ether oxygens (including phenoxy) is 2. The summed E-state index contributed by atoms with van der Waals surface area (Å²) in [5.41, 5.74) is 4.40. The molecule has 3 aromatic heterocycles. The van der Waals surface area contributed by atoms with E-state index in [0.717, 1.165) is 39.0 Å². The van der Waals surface area contributed by atoms with Crippen LogP contribution >= 0.6 is 0 Å². The quantitative estimate of drug-likeness (QED) is 0.342. The molecule has 0 amide bonds. The predicted octanol–water partition coefficient (Wildman–Crippen LogP) is 5.63. The van der Waals surface area contributed by atoms with Crippen molar-refractivity contribution in [3.8, 4) is 28.9 Å². The van der Waals surface area contributed by atoms with Crippen LogP contribution in [0.15, 0.2) is 91.4 Å². The molecule has 0 saturated heterocycles. The van der Waals surface area contributed by atoms with Gasteiger partial charge in [-0.25, -0.2) is 14.5 Å². The van der Waals surface area contributed by atoms with Crippen LogP contribution in [0.2, 0.25) is 0 Å². The third-order valence-electron chi connectivity index (χ3n) is 6.44. The van der Waals surface area contributed by atoms with Crippen LogP contribution in [-0.2, 0) is 0 Å². The molecule has 7 rings (SSSR count). The Morgan fingerprint density at radius 3 is 2.57 bits per heavy atom. The van der Waals surface area contributed by atoms with Crippen LogP contribution in [0.4, 0.5) is 0 Å². The molecule has 0 bridgehead atoms. The molecule has 0 fully saturated rings. The molecule has 35 heavy (non-hydrogen) atoms. The summed E-state index contributed by atoms with van der Waals surface area (Å²) in [4.78, 5) is 14.0. The molecule has 0 radical (unpaired) electrons. The summed E-state index contributed by atoms with van der Waals surface area (Å²) in [6, 6.07) is 26.3. The van der Waals surface area contributed by atoms with Crippen molar-refractivity contribution in [3.05, 3.63) is 108 Å². The first-order chi connectivity index (χ1) is 17.3. The molecule has 0 N–H and O–H groups in total. The third-order valence-corrected chi connectivity index (χ3v) is 6.44. The number of fused-ring (bicyclic) bond motifs is 6. The van der Waals surface area contributed by atoms with Gasteiger partial charge in [0.2, 0.25) is 11.7 Å². The van der Waals surface area contributed by atoms with Crippen LogP contribution in [0.1, 0.15) is 22.6 Å². The highest BCUT2D eigenvalue weighted by Gasteiger charge is 2.34. The Bertz CT molecular complexity index is 1710. The number of aromatic nitrogens is 5. The molecule has 7 nitrogen and oxygen atoms in total. The number of nitrogens with zero attached hydrogens (tertiary/aromatic N) is 5. The SMILES string of the molecule is COc1ccc([C@H]2c3ccc4ccccc4c3Oc3ncn4nc(-c5ccccn5)nc4c32)cc1. The maximum absolute atomic E-state index is 6.48. The van der Waals surface area contributed by atoms with Gasteiger partial charge in [0.25, 0.3) is 0 Å². The molecule has 168 valence electrons. The minimum absolute atomic E-state index is 0.152. The largest absolute Gasteiger partial charge is 0.497 e. The number of pyridine rings is 1. The average Bonchev–Trinajstić information content (AvgIpc) is 3.37. The second-order valence-electron chi connectivity index (χ2n) is 8.40. The highest BCUT2D eigenvalue weighted by molar-refractivity contribution is 5.91. The second-order valence-corrected chi connectivity index (χ2v) is 8.40. The second kappa shape index (κ2) is 7.63. The van der Waals surface area contributed by atoms with E-state index in [4.69, 9.17) is 14.5 Å². The fraction of sp³-hybridized carbons (Fsp3) is 0.0714. The number of hydrogen-bond acceptors (Lipinski definition) is 6. The molecule has 0 spiro atoms. The Hall–Kier alpha value is -4.78. The Morgan fingerprint density at radius 1 is 0.886 bits per heavy atom. The van der Waals surface area contributed by atoms with Gasteiger partial charge in [0.1, 0.15) is 23.5 Å². The first-order valence-electron chi connectivity index (χ1n) is 11.3. The zero-order valence-corrected chi connectivity index (χ0v) is 18.8. The van der Waals surface area contributed by atoms with Crippen molar-refractivity contribution in [1.82, 2.24) is 24.6 Å². The molecule has 1 aliphatic rings. The van der Waals surface area contributed by atoms with E-state index in [9.17, 15) is 0 Å². The van der Waals surface area contributed by atoms with Gasteiger partial charge in [-0.15, -0.1) is 5.10 Å². The first kappa shape index (κ1) is 19.7. The van der Waals surface area contributed by atoms with E-state index < -0.39 is 0 Å². The summed E-state index contributed by atoms with van der Waals surface area (Å²) in [5, 5.41) is 6.82. The van der Waals surface area contributed by atoms with Gasteiger partial charge in [-0.05, 0) is 35.2 Å². The summed E-state index contributed by atoms with van der Waals surface area (Å²) < 4.78 is 13.6. The van der Waals surface area contributed by atoms with Crippen LogP contribution in [0.25, 0.3) is 27.9 Å². The van der Waals surface area contributed by atoms with Gasteiger partial charge in [0.15, 0.2) is 5.65 Å². The lowest BCUT2D eigenvalue weighted by atomic mass is 9.83. The molecule has 1 aliphatic heterocycles. The molecule has 1 atom stereocenters. The summed E-state index contributed by atoms with van der Waals surface area (Å²) in [5.74, 6) is 2.54. The highest BCUT2D eigenvalue weighted by Crippen LogP contribution is 2.50. The maximum Gasteiger partial charge on any atom is 0.228 e. The lowest BCUT2D eigenvalue weighted by Crippen LogP contribution is -2.15. The van der Waals surface area contributed by atoms with Crippen molar-refractivity contribution in [2.24, 2.45) is 0 Å². The van der Waals surface area contributed by atoms with Crippen molar-refractivity contribution >= 4 is 16.4 Å². The minimum atomic E-state index is -0.152. The number of rotatable bonds is 3. The van der Waals surface area contributed by atoms with Crippen LogP contribution in [0.3, 0.4) is 0 Å². The summed E-state index contributed by atoms with van der Waals surface area (Å²) in [6.07, 6.45) is 3.38. The van der Waals surface area contributed by atoms with E-state index >= 15 is 0 Å². The fourth-order valence-corrected chi connectivity index (χ4v) is 4.79. The van der Waals surface area contributed by atoms with E-state index in [1.54, 1.807) is 24.1 Å². The molecule has 7 heteroatoms. The van der Waals surface area contributed by atoms with E-state index in [2.05, 4.69) is 51.5 Å². The monoisotopic (exact) mass is 457 g/mol. The lowest BCUT2D eigenvalue weighted by molar-refractivity contribution is 0.414. The van der Waals surface area contributed by atoms with Gasteiger partial charge in [-0.1, -0.05) is 54.6 Å². The van der Waals surface area contributed by atoms with Crippen molar-refractivity contribution in [3.63, 3.8) is 0 Å². The summed E-state index contributed by atoms with van der Waals surface area (Å²) in [6.45, 7) is 0. The molecule has 6 aromatic rings. The molecule has 4 heterocycles. The minimum Gasteiger partial charge on any atom is -0.497 e. The van der Waals surface area contributed by atoms with Gasteiger partial charge in [0.05, 0.1) is 12.7 Å². The van der Waals surface area contributed by atoms with Gasteiger partial charge >= 0.3 is 0 Å². The van der Waals surface area contributed by atoms with E-state index in [1.807, 2.05) is 42.5 Å². The number of hydrogen-bond donors (Lipinski definition) is 0. The Morgan fingerprint density at radius 2 is 1.74 bits per heavy atom. The van der Waals surface area contributed by atoms with Crippen molar-refractivity contribution in [1.29, 1.82) is 0 Å². The fourth-order valence-electron chi connectivity index (χ4n) is 4.79. The number of benzene rings is 3. The molecule has 3 aromatic carbocycles. The summed E-state index contributed by atoms with van der Waals surface area (Å²) >= 11 is 0. The Balaban J connectivity index is 1.51. The van der Waals surface area contributed by atoms with Crippen LogP contribution in [0, 0.1) is 0 Å². The van der Waals surface area contributed by atoms with Gasteiger partial charge in [-0.2, -0.15) is 0 Å². The molecular formula is C28H19N5O2. The average molecular weight is 457 g/mol. The third kappa shape index (κ3) is 3.05. The van der Waals surface area contributed by atoms with Crippen LogP contribution < -0.4 is 9.47 Å². The topological polar surface area (TPSA) is 74.4 Å². The smallest absolute Gasteiger partial charge is 0.228 e. The maximum atomic E-state index is 6.48. The van der Waals surface area contributed by atoms with Crippen molar-refractivity contribution in [2.75, 3.05) is 7.11 Å². The van der Waals surface area contributed by atoms with Crippen molar-refractivity contribution < 1.29 is 9.47 Å². The normalized spacial score (nSPS) is 14.4. The van der Waals surface area contributed by atoms with Crippen LogP contribution in [-0.4, -0.2) is 31.7 Å². The molecule has 0 unspecified atom stereocenters. The zero-order valence-electron chi connectivity index (χ0n) is 18.8. The van der Waals surface area contributed by atoms with E-state index in [-0.39, 0.29) is 5.92 Å². The standard InChI is InChI=1S/C28H19N5O2/c1-34-19-12-9-18(10-13-19)23-21-14-11-17-6-2-3-7-20(17)25(21)35-28-24(23)27-31-26(32-33(27)16-30-28)22-8-4-5-15-29-22/h2-16,23H,1H3/t23-/m0/s1. The Labute approximate surface area is 200 Å². The van der Waals surface area contributed by atoms with E-state index in [0.29, 0.717) is 23.0 Å². The van der Waals surface area contributed by atoms with Crippen LogP contribution in [0.5, 0.6) is 17.4 Å². The van der Waals surface area contributed by atoms with E-state index in [1.165, 1.54) is 0 Å². The lowest BCUT2D eigenvalue weighted by Gasteiger charge is -2.28. The molecule has 0 saturated carbocycles. The molecular weight excluding hydrogens is 438 g/mol. The summed E-state index contributed by atoms with van der Waals surface area (Å²) in [7, 11) is 1.67. The molecule has 0 aliphatic carbocycles. The predicted molar refractivity (Wildman–Crippen MR) is 132 cm³/mol. The van der Waals surface area contributed by atoms with Gasteiger partial charge in [0, 0.05) is 23.1 Å². The highest BCUT2D eigenvalue weighted by atomic mass is 16.5. The number of methoxy groups -OCH3 is 1.